The lowest BCUT2D eigenvalue weighted by atomic mass is 10.1. The van der Waals surface area contributed by atoms with E-state index in [1.807, 2.05) is 0 Å². The lowest BCUT2D eigenvalue weighted by molar-refractivity contribution is 0.397. The Morgan fingerprint density at radius 1 is 1.11 bits per heavy atom. The van der Waals surface area contributed by atoms with Gasteiger partial charge < -0.3 is 9.30 Å². The molecule has 0 aliphatic heterocycles. The van der Waals surface area contributed by atoms with Crippen LogP contribution in [0.15, 0.2) is 43.1 Å². The highest BCUT2D eigenvalue weighted by molar-refractivity contribution is 5.77. The molecule has 182 valence electrons. The maximum absolute atomic E-state index is 15.1. The minimum absolute atomic E-state index is 0.167. The first-order valence-electron chi connectivity index (χ1n) is 11.5. The summed E-state index contributed by atoms with van der Waals surface area (Å²) in [6.45, 7) is -0.506. The number of imidazole rings is 1. The molecule has 4 aromatic heterocycles. The van der Waals surface area contributed by atoms with Gasteiger partial charge in [-0.25, -0.2) is 38.4 Å². The number of benzene rings is 1. The minimum atomic E-state index is -0.673. The Bertz CT molecular complexity index is 1590. The SMILES string of the molecule is COc1ncnc(C2CC2)c1-c1ncc2cnn(Cc3ccc(-c4nc(CF)cn4C)cc3F)c2n1. The van der Waals surface area contributed by atoms with Gasteiger partial charge in [-0.2, -0.15) is 5.10 Å². The Balaban J connectivity index is 1.36. The van der Waals surface area contributed by atoms with Crippen LogP contribution < -0.4 is 4.74 Å². The molecular formula is C25H22F2N8O. The fourth-order valence-electron chi connectivity index (χ4n) is 4.35. The quantitative estimate of drug-likeness (QED) is 0.338. The molecule has 0 bridgehead atoms. The number of halogens is 2. The number of hydrogen-bond acceptors (Lipinski definition) is 7. The third kappa shape index (κ3) is 3.86. The Morgan fingerprint density at radius 3 is 2.69 bits per heavy atom. The van der Waals surface area contributed by atoms with Gasteiger partial charge in [-0.15, -0.1) is 0 Å². The zero-order valence-electron chi connectivity index (χ0n) is 19.7. The number of alkyl halides is 1. The fraction of sp³-hybridized carbons (Fsp3) is 0.280. The molecule has 5 aromatic rings. The number of hydrogen-bond donors (Lipinski definition) is 0. The van der Waals surface area contributed by atoms with E-state index in [4.69, 9.17) is 9.72 Å². The smallest absolute Gasteiger partial charge is 0.227 e. The van der Waals surface area contributed by atoms with Crippen LogP contribution in [0.5, 0.6) is 5.88 Å². The summed E-state index contributed by atoms with van der Waals surface area (Å²) in [6, 6.07) is 4.85. The largest absolute Gasteiger partial charge is 0.480 e. The van der Waals surface area contributed by atoms with Crippen LogP contribution in [-0.4, -0.2) is 46.4 Å². The van der Waals surface area contributed by atoms with Crippen molar-refractivity contribution in [2.24, 2.45) is 7.05 Å². The Hall–Kier alpha value is -4.28. The molecule has 36 heavy (non-hydrogen) atoms. The number of methoxy groups -OCH3 is 1. The van der Waals surface area contributed by atoms with Crippen molar-refractivity contribution in [1.29, 1.82) is 0 Å². The summed E-state index contributed by atoms with van der Waals surface area (Å²) in [5, 5.41) is 5.14. The molecule has 0 N–H and O–H groups in total. The minimum Gasteiger partial charge on any atom is -0.480 e. The Labute approximate surface area is 204 Å². The average molecular weight is 489 g/mol. The van der Waals surface area contributed by atoms with Gasteiger partial charge in [0.2, 0.25) is 5.88 Å². The van der Waals surface area contributed by atoms with E-state index in [9.17, 15) is 4.39 Å². The van der Waals surface area contributed by atoms with Crippen LogP contribution in [0, 0.1) is 5.82 Å². The van der Waals surface area contributed by atoms with Crippen molar-refractivity contribution < 1.29 is 13.5 Å². The maximum atomic E-state index is 15.1. The van der Waals surface area contributed by atoms with Crippen LogP contribution in [0.3, 0.4) is 0 Å². The van der Waals surface area contributed by atoms with Crippen LogP contribution >= 0.6 is 0 Å². The first-order chi connectivity index (χ1) is 17.6. The molecule has 1 aliphatic rings. The molecule has 1 fully saturated rings. The van der Waals surface area contributed by atoms with Crippen molar-refractivity contribution in [2.75, 3.05) is 7.11 Å². The molecule has 9 nitrogen and oxygen atoms in total. The molecule has 11 heteroatoms. The lowest BCUT2D eigenvalue weighted by Crippen LogP contribution is -2.07. The monoisotopic (exact) mass is 488 g/mol. The summed E-state index contributed by atoms with van der Waals surface area (Å²) in [6.07, 6.45) is 8.53. The molecule has 0 atom stereocenters. The van der Waals surface area contributed by atoms with Gasteiger partial charge in [0.05, 0.1) is 36.6 Å². The van der Waals surface area contributed by atoms with E-state index in [0.717, 1.165) is 23.9 Å². The highest BCUT2D eigenvalue weighted by Crippen LogP contribution is 2.44. The van der Waals surface area contributed by atoms with Crippen molar-refractivity contribution in [3.63, 3.8) is 0 Å². The van der Waals surface area contributed by atoms with E-state index < -0.39 is 12.5 Å². The zero-order valence-corrected chi connectivity index (χ0v) is 19.7. The number of rotatable bonds is 7. The third-order valence-corrected chi connectivity index (χ3v) is 6.29. The molecule has 1 aliphatic carbocycles. The predicted octanol–water partition coefficient (Wildman–Crippen LogP) is 4.23. The van der Waals surface area contributed by atoms with Crippen LogP contribution in [0.1, 0.15) is 35.7 Å². The van der Waals surface area contributed by atoms with Crippen LogP contribution in [0.4, 0.5) is 8.78 Å². The molecule has 4 heterocycles. The van der Waals surface area contributed by atoms with E-state index in [1.165, 1.54) is 12.4 Å². The summed E-state index contributed by atoms with van der Waals surface area (Å²) >= 11 is 0. The van der Waals surface area contributed by atoms with E-state index in [2.05, 4.69) is 25.0 Å². The lowest BCUT2D eigenvalue weighted by Gasteiger charge is -2.11. The first-order valence-corrected chi connectivity index (χ1v) is 11.5. The highest BCUT2D eigenvalue weighted by Gasteiger charge is 2.31. The van der Waals surface area contributed by atoms with Crippen LogP contribution in [0.25, 0.3) is 33.8 Å². The topological polar surface area (TPSA) is 96.4 Å². The summed E-state index contributed by atoms with van der Waals surface area (Å²) in [5.41, 5.74) is 3.42. The second-order valence-electron chi connectivity index (χ2n) is 8.80. The predicted molar refractivity (Wildman–Crippen MR) is 127 cm³/mol. The van der Waals surface area contributed by atoms with Crippen LogP contribution in [-0.2, 0) is 20.3 Å². The Kier molecular flexibility index (Phi) is 5.39. The van der Waals surface area contributed by atoms with E-state index >= 15 is 4.39 Å². The molecule has 0 amide bonds. The van der Waals surface area contributed by atoms with Crippen LogP contribution in [0.2, 0.25) is 0 Å². The molecule has 0 unspecified atom stereocenters. The van der Waals surface area contributed by atoms with Crippen molar-refractivity contribution >= 4 is 11.0 Å². The molecule has 0 saturated heterocycles. The molecule has 0 radical (unpaired) electrons. The normalized spacial score (nSPS) is 13.4. The van der Waals surface area contributed by atoms with Gasteiger partial charge in [-0.05, 0) is 18.9 Å². The number of fused-ring (bicyclic) bond motifs is 1. The fourth-order valence-corrected chi connectivity index (χ4v) is 4.35. The number of aromatic nitrogens is 8. The van der Waals surface area contributed by atoms with E-state index in [0.29, 0.717) is 51.5 Å². The van der Waals surface area contributed by atoms with Crippen molar-refractivity contribution in [1.82, 2.24) is 39.3 Å². The second-order valence-corrected chi connectivity index (χ2v) is 8.80. The van der Waals surface area contributed by atoms with Gasteiger partial charge in [-0.1, -0.05) is 12.1 Å². The van der Waals surface area contributed by atoms with Crippen molar-refractivity contribution in [3.8, 4) is 28.7 Å². The maximum Gasteiger partial charge on any atom is 0.227 e. The highest BCUT2D eigenvalue weighted by atomic mass is 19.1. The third-order valence-electron chi connectivity index (χ3n) is 6.29. The zero-order chi connectivity index (χ0) is 24.8. The summed E-state index contributed by atoms with van der Waals surface area (Å²) in [4.78, 5) is 22.2. The summed E-state index contributed by atoms with van der Waals surface area (Å²) < 4.78 is 36.9. The summed E-state index contributed by atoms with van der Waals surface area (Å²) in [7, 11) is 3.31. The van der Waals surface area contributed by atoms with Crippen molar-refractivity contribution in [2.45, 2.75) is 32.0 Å². The number of aryl methyl sites for hydroxylation is 1. The molecule has 1 aromatic carbocycles. The first kappa shape index (κ1) is 22.2. The number of ether oxygens (including phenoxy) is 1. The Morgan fingerprint density at radius 2 is 1.97 bits per heavy atom. The van der Waals surface area contributed by atoms with E-state index in [-0.39, 0.29) is 6.54 Å². The summed E-state index contributed by atoms with van der Waals surface area (Å²) in [5.74, 6) is 1.29. The standard InChI is InChI=1S/C25H22F2N8O/c1-34-12-18(8-26)32-23(34)15-5-6-16(19(27)7-15)11-35-24-17(10-31-35)9-28-22(33-24)20-21(14-3-4-14)29-13-30-25(20)36-2/h5-7,9-10,12-14H,3-4,8,11H2,1-2H3. The molecule has 6 rings (SSSR count). The average Bonchev–Trinajstić information content (AvgIpc) is 3.57. The van der Waals surface area contributed by atoms with Gasteiger partial charge in [0, 0.05) is 36.5 Å². The molecular weight excluding hydrogens is 466 g/mol. The molecule has 1 saturated carbocycles. The van der Waals surface area contributed by atoms with Gasteiger partial charge in [0.25, 0.3) is 0 Å². The van der Waals surface area contributed by atoms with Gasteiger partial charge in [0.1, 0.15) is 30.2 Å². The molecule has 0 spiro atoms. The van der Waals surface area contributed by atoms with Crippen molar-refractivity contribution in [3.05, 3.63) is 65.9 Å². The number of nitrogens with zero attached hydrogens (tertiary/aromatic N) is 8. The van der Waals surface area contributed by atoms with E-state index in [1.54, 1.807) is 54.1 Å². The van der Waals surface area contributed by atoms with Gasteiger partial charge in [-0.3, -0.25) is 0 Å². The second kappa shape index (κ2) is 8.74. The van der Waals surface area contributed by atoms with Gasteiger partial charge >= 0.3 is 0 Å². The van der Waals surface area contributed by atoms with Gasteiger partial charge in [0.15, 0.2) is 11.5 Å².